The molecule has 3 amide bonds. The third-order valence-electron chi connectivity index (χ3n) is 8.93. The van der Waals surface area contributed by atoms with E-state index >= 15 is 0 Å². The average molecular weight is 880 g/mol. The molecule has 62 heavy (non-hydrogen) atoms. The predicted octanol–water partition coefficient (Wildman–Crippen LogP) is 7.73. The van der Waals surface area contributed by atoms with Gasteiger partial charge in [0.25, 0.3) is 11.8 Å². The van der Waals surface area contributed by atoms with Gasteiger partial charge >= 0.3 is 0 Å². The van der Waals surface area contributed by atoms with Crippen LogP contribution in [-0.2, 0) is 4.79 Å². The summed E-state index contributed by atoms with van der Waals surface area (Å²) in [5.74, 6) is 1.70. The van der Waals surface area contributed by atoms with Gasteiger partial charge in [0, 0.05) is 39.6 Å². The molecule has 4 aromatic carbocycles. The van der Waals surface area contributed by atoms with Crippen molar-refractivity contribution < 1.29 is 23.9 Å². The fourth-order valence-electron chi connectivity index (χ4n) is 5.86. The minimum absolute atomic E-state index is 0.208. The normalized spacial score (nSPS) is 10.3. The van der Waals surface area contributed by atoms with Crippen molar-refractivity contribution in [1.82, 2.24) is 30.6 Å². The molecule has 0 saturated carbocycles. The van der Waals surface area contributed by atoms with Gasteiger partial charge in [-0.3, -0.25) is 14.4 Å². The van der Waals surface area contributed by atoms with E-state index < -0.39 is 0 Å². The molecular formula is C43H44Cl2N12O5. The summed E-state index contributed by atoms with van der Waals surface area (Å²) in [4.78, 5) is 57.1. The molecule has 320 valence electrons. The lowest BCUT2D eigenvalue weighted by molar-refractivity contribution is -0.111. The number of ether oxygens (including phenoxy) is 2. The Kier molecular flexibility index (Phi) is 15.4. The smallest absolute Gasteiger partial charge is 0.253 e. The minimum Gasteiger partial charge on any atom is -0.495 e. The lowest BCUT2D eigenvalue weighted by atomic mass is 10.1. The van der Waals surface area contributed by atoms with Crippen LogP contribution in [0.3, 0.4) is 0 Å². The van der Waals surface area contributed by atoms with Crippen LogP contribution in [0.25, 0.3) is 0 Å². The van der Waals surface area contributed by atoms with Crippen molar-refractivity contribution in [2.75, 3.05) is 73.9 Å². The first-order chi connectivity index (χ1) is 29.8. The molecule has 0 radical (unpaired) electrons. The van der Waals surface area contributed by atoms with E-state index in [4.69, 9.17) is 38.4 Å². The molecule has 6 rings (SSSR count). The van der Waals surface area contributed by atoms with Crippen LogP contribution < -0.4 is 51.6 Å². The maximum atomic E-state index is 12.3. The number of anilines is 10. The first-order valence-electron chi connectivity index (χ1n) is 18.6. The number of aromatic nitrogens is 4. The molecule has 19 heteroatoms. The topological polar surface area (TPSA) is 214 Å². The molecule has 2 heterocycles. The monoisotopic (exact) mass is 878 g/mol. The first kappa shape index (κ1) is 45.5. The second kappa shape index (κ2) is 21.1. The van der Waals surface area contributed by atoms with Crippen LogP contribution >= 0.6 is 23.2 Å². The van der Waals surface area contributed by atoms with Crippen LogP contribution in [0.5, 0.6) is 11.5 Å². The van der Waals surface area contributed by atoms with Gasteiger partial charge in [-0.05, 0) is 66.7 Å². The summed E-state index contributed by atoms with van der Waals surface area (Å²) in [6.45, 7) is 3.45. The number of carbonyl (C=O) groups excluding carboxylic acids is 3. The Balaban J connectivity index is 0.000000236. The summed E-state index contributed by atoms with van der Waals surface area (Å²) in [6, 6.07) is 24.6. The summed E-state index contributed by atoms with van der Waals surface area (Å²) < 4.78 is 10.7. The molecule has 2 aromatic heterocycles. The van der Waals surface area contributed by atoms with Crippen LogP contribution in [0, 0.1) is 0 Å². The highest BCUT2D eigenvalue weighted by atomic mass is 35.5. The molecule has 17 nitrogen and oxygen atoms in total. The predicted molar refractivity (Wildman–Crippen MR) is 246 cm³/mol. The van der Waals surface area contributed by atoms with E-state index in [1.807, 2.05) is 18.2 Å². The highest BCUT2D eigenvalue weighted by Gasteiger charge is 2.20. The van der Waals surface area contributed by atoms with Gasteiger partial charge in [0.05, 0.1) is 60.5 Å². The zero-order valence-electron chi connectivity index (χ0n) is 34.6. The number of hydrogen-bond acceptors (Lipinski definition) is 14. The van der Waals surface area contributed by atoms with Gasteiger partial charge in [0.15, 0.2) is 11.6 Å². The van der Waals surface area contributed by atoms with Gasteiger partial charge in [-0.15, -0.1) is 0 Å². The molecule has 0 bridgehead atoms. The van der Waals surface area contributed by atoms with Gasteiger partial charge in [-0.25, -0.2) is 9.97 Å². The zero-order chi connectivity index (χ0) is 44.9. The van der Waals surface area contributed by atoms with E-state index in [1.54, 1.807) is 112 Å². The van der Waals surface area contributed by atoms with Crippen LogP contribution in [0.1, 0.15) is 20.7 Å². The summed E-state index contributed by atoms with van der Waals surface area (Å²) >= 11 is 12.7. The fourth-order valence-corrected chi connectivity index (χ4v) is 6.30. The summed E-state index contributed by atoms with van der Waals surface area (Å²) in [6.07, 6.45) is 4.13. The Morgan fingerprint density at radius 3 is 1.60 bits per heavy atom. The number of benzene rings is 4. The summed E-state index contributed by atoms with van der Waals surface area (Å²) in [7, 11) is 9.77. The van der Waals surface area contributed by atoms with Crippen LogP contribution in [0.15, 0.2) is 110 Å². The molecule has 0 saturated heterocycles. The Labute approximate surface area is 368 Å². The third kappa shape index (κ3) is 10.9. The Bertz CT molecular complexity index is 2600. The number of rotatable bonds is 14. The minimum atomic E-state index is -0.340. The van der Waals surface area contributed by atoms with Crippen molar-refractivity contribution >= 4 is 98.6 Å². The second-order valence-corrected chi connectivity index (χ2v) is 13.7. The largest absolute Gasteiger partial charge is 0.495 e. The number of hydrogen-bond donors (Lipinski definition) is 6. The zero-order valence-corrected chi connectivity index (χ0v) is 36.1. The summed E-state index contributed by atoms with van der Waals surface area (Å²) in [5, 5.41) is 14.8. The maximum Gasteiger partial charge on any atom is 0.253 e. The molecule has 0 fully saturated rings. The number of nitrogen functional groups attached to an aromatic ring is 1. The molecule has 0 aliphatic heterocycles. The Morgan fingerprint density at radius 1 is 0.694 bits per heavy atom. The van der Waals surface area contributed by atoms with Crippen molar-refractivity contribution in [3.8, 4) is 11.5 Å². The maximum absolute atomic E-state index is 12.3. The number of halogens is 2. The highest BCUT2D eigenvalue weighted by molar-refractivity contribution is 6.33. The van der Waals surface area contributed by atoms with Crippen molar-refractivity contribution in [1.29, 1.82) is 0 Å². The van der Waals surface area contributed by atoms with E-state index in [9.17, 15) is 14.4 Å². The molecule has 0 aliphatic rings. The quantitative estimate of drug-likeness (QED) is 0.0457. The first-order valence-corrected chi connectivity index (χ1v) is 19.3. The lowest BCUT2D eigenvalue weighted by Crippen LogP contribution is -2.22. The van der Waals surface area contributed by atoms with E-state index in [-0.39, 0.29) is 23.7 Å². The van der Waals surface area contributed by atoms with E-state index in [2.05, 4.69) is 53.1 Å². The van der Waals surface area contributed by atoms with Crippen LogP contribution in [0.2, 0.25) is 10.0 Å². The number of para-hydroxylation sites is 2. The number of amides is 3. The average Bonchev–Trinajstić information content (AvgIpc) is 3.29. The van der Waals surface area contributed by atoms with E-state index in [0.29, 0.717) is 84.4 Å². The van der Waals surface area contributed by atoms with Crippen LogP contribution in [0.4, 0.5) is 57.7 Å². The molecule has 0 atom stereocenters. The molecule has 7 N–H and O–H groups in total. The Hall–Kier alpha value is -7.63. The molecule has 6 aromatic rings. The van der Waals surface area contributed by atoms with Crippen molar-refractivity contribution in [2.24, 2.45) is 0 Å². The van der Waals surface area contributed by atoms with Gasteiger partial charge in [0.1, 0.15) is 21.5 Å². The van der Waals surface area contributed by atoms with E-state index in [1.165, 1.54) is 25.6 Å². The molecule has 0 spiro atoms. The molecule has 0 aliphatic carbocycles. The third-order valence-corrected chi connectivity index (χ3v) is 9.46. The van der Waals surface area contributed by atoms with Gasteiger partial charge < -0.3 is 51.6 Å². The Morgan fingerprint density at radius 2 is 1.15 bits per heavy atom. The number of methoxy groups -OCH3 is 2. The van der Waals surface area contributed by atoms with Gasteiger partial charge in [-0.1, -0.05) is 54.0 Å². The number of nitrogens with one attached hydrogen (secondary N) is 5. The lowest BCUT2D eigenvalue weighted by Gasteiger charge is -2.22. The van der Waals surface area contributed by atoms with Crippen molar-refractivity contribution in [3.63, 3.8) is 0 Å². The van der Waals surface area contributed by atoms with Gasteiger partial charge in [0.2, 0.25) is 17.8 Å². The molecular weight excluding hydrogens is 835 g/mol. The summed E-state index contributed by atoms with van der Waals surface area (Å²) in [5.41, 5.74) is 10.4. The SMILES string of the molecule is C=CC(=O)Nc1ccc(OC)c(Nc2ncc(Cl)c(N(C)c3ccccc3C(=O)NC)n2)c1.CNC(=O)c1ccccc1N(C)c1nc(Nc2cc(N)ccc2OC)ncc1Cl. The number of nitrogens with two attached hydrogens (primary N) is 1. The second-order valence-electron chi connectivity index (χ2n) is 12.9. The highest BCUT2D eigenvalue weighted by Crippen LogP contribution is 2.36. The van der Waals surface area contributed by atoms with Crippen molar-refractivity contribution in [2.45, 2.75) is 0 Å². The number of nitrogens with zero attached hydrogens (tertiary/aromatic N) is 6. The fraction of sp³-hybridized carbons (Fsp3) is 0.140. The van der Waals surface area contributed by atoms with Crippen LogP contribution in [-0.4, -0.2) is 80.1 Å². The standard InChI is InChI=1S/C23H23ClN6O3.C20H21ClN6O2/c1-5-20(31)27-14-10-11-19(33-4)17(12-14)28-23-26-13-16(24)21(29-23)30(3)18-9-7-6-8-15(18)22(32)25-2;1-23-19(28)13-6-4-5-7-16(13)27(2)18-14(21)11-24-20(26-18)25-15-10-12(22)8-9-17(15)29-3/h5-13H,1H2,2-4H3,(H,25,32)(H,27,31)(H,26,28,29);4-11H,22H2,1-3H3,(H,23,28)(H,24,25,26). The van der Waals surface area contributed by atoms with Gasteiger partial charge in [-0.2, -0.15) is 9.97 Å². The number of carbonyl (C=O) groups is 3. The van der Waals surface area contributed by atoms with E-state index in [0.717, 1.165) is 0 Å². The molecule has 0 unspecified atom stereocenters. The van der Waals surface area contributed by atoms with Crippen molar-refractivity contribution in [3.05, 3.63) is 131 Å².